The van der Waals surface area contributed by atoms with Gasteiger partial charge in [-0.25, -0.2) is 9.97 Å². The van der Waals surface area contributed by atoms with Crippen LogP contribution in [0, 0.1) is 17.8 Å². The van der Waals surface area contributed by atoms with Crippen molar-refractivity contribution in [3.8, 4) is 0 Å². The molecule has 4 bridgehead atoms. The zero-order valence-electron chi connectivity index (χ0n) is 20.8. The molecule has 3 N–H and O–H groups in total. The van der Waals surface area contributed by atoms with Crippen LogP contribution in [0.4, 0.5) is 5.82 Å². The number of carbonyl (C=O) groups is 3. The van der Waals surface area contributed by atoms with Crippen molar-refractivity contribution in [2.24, 2.45) is 17.8 Å². The normalized spacial score (nSPS) is 30.9. The van der Waals surface area contributed by atoms with Crippen molar-refractivity contribution in [3.63, 3.8) is 0 Å². The van der Waals surface area contributed by atoms with E-state index in [9.17, 15) is 19.5 Å². The Kier molecular flexibility index (Phi) is 4.92. The number of H-pyrrole nitrogens is 1. The largest absolute Gasteiger partial charge is 0.390 e. The lowest BCUT2D eigenvalue weighted by Crippen LogP contribution is -2.55. The van der Waals surface area contributed by atoms with E-state index in [2.05, 4.69) is 25.1 Å². The molecule has 11 nitrogen and oxygen atoms in total. The van der Waals surface area contributed by atoms with E-state index in [-0.39, 0.29) is 11.9 Å². The van der Waals surface area contributed by atoms with Gasteiger partial charge in [0.15, 0.2) is 5.65 Å². The first kappa shape index (κ1) is 22.7. The summed E-state index contributed by atoms with van der Waals surface area (Å²) >= 11 is 0. The zero-order valence-corrected chi connectivity index (χ0v) is 20.8. The van der Waals surface area contributed by atoms with Gasteiger partial charge in [-0.2, -0.15) is 0 Å². The van der Waals surface area contributed by atoms with Crippen LogP contribution >= 0.6 is 0 Å². The number of anilines is 1. The number of nitrogens with one attached hydrogen (secondary N) is 2. The molecule has 4 saturated carbocycles. The molecule has 37 heavy (non-hydrogen) atoms. The Balaban J connectivity index is 1.22. The summed E-state index contributed by atoms with van der Waals surface area (Å²) in [6.45, 7) is 3.00. The van der Waals surface area contributed by atoms with Crippen LogP contribution in [0.1, 0.15) is 45.1 Å². The van der Waals surface area contributed by atoms with Gasteiger partial charge in [0.2, 0.25) is 5.91 Å². The number of aromatic amines is 1. The average Bonchev–Trinajstić information content (AvgIpc) is 3.47. The van der Waals surface area contributed by atoms with Crippen LogP contribution in [0.25, 0.3) is 21.9 Å². The van der Waals surface area contributed by atoms with Crippen LogP contribution < -0.4 is 5.32 Å². The molecule has 5 aliphatic rings. The van der Waals surface area contributed by atoms with Crippen LogP contribution in [0.5, 0.6) is 0 Å². The molecule has 3 amide bonds. The molecule has 1 saturated heterocycles. The van der Waals surface area contributed by atoms with E-state index in [1.165, 1.54) is 11.8 Å². The Morgan fingerprint density at radius 2 is 1.73 bits per heavy atom. The van der Waals surface area contributed by atoms with Crippen molar-refractivity contribution in [1.29, 1.82) is 0 Å². The quantitative estimate of drug-likeness (QED) is 0.453. The fraction of sp³-hybridized carbons (Fsp3) is 0.577. The Morgan fingerprint density at radius 1 is 1.03 bits per heavy atom. The lowest BCUT2D eigenvalue weighted by Gasteiger charge is -2.58. The summed E-state index contributed by atoms with van der Waals surface area (Å²) in [5, 5.41) is 19.0. The van der Waals surface area contributed by atoms with Gasteiger partial charge in [-0.05, 0) is 55.9 Å². The standard InChI is InChI=1S/C26H31N7O4/c1-14(34)31-4-6-32(7-5-31)25(36)24(35)29-23-19-13-28-22-18(2-3-27-22)21(19)33(30-23)20-16-8-15-9-17(20)12-26(37,10-15)11-16/h2-3,13,15-17,20,30,37H,4-12H2,1H3,(H,29,35)/t15?,16-,17+,20?,26?. The molecule has 4 aliphatic carbocycles. The summed E-state index contributed by atoms with van der Waals surface area (Å²) in [4.78, 5) is 49.7. The average molecular weight is 506 g/mol. The van der Waals surface area contributed by atoms with Gasteiger partial charge in [0.25, 0.3) is 0 Å². The van der Waals surface area contributed by atoms with Gasteiger partial charge < -0.3 is 20.2 Å². The number of piperazine rings is 1. The predicted molar refractivity (Wildman–Crippen MR) is 134 cm³/mol. The molecule has 3 unspecified atom stereocenters. The van der Waals surface area contributed by atoms with Crippen LogP contribution in [0.15, 0.2) is 18.5 Å². The Labute approximate surface area is 213 Å². The molecule has 0 radical (unpaired) electrons. The van der Waals surface area contributed by atoms with Crippen LogP contribution in [0.2, 0.25) is 0 Å². The fourth-order valence-corrected chi connectivity index (χ4v) is 7.86. The summed E-state index contributed by atoms with van der Waals surface area (Å²) in [5.74, 6) is 0.345. The van der Waals surface area contributed by atoms with E-state index in [4.69, 9.17) is 0 Å². The minimum absolute atomic E-state index is 0.0309. The number of carbonyl (C=O) groups excluding carboxylic acids is 3. The van der Waals surface area contributed by atoms with Crippen LogP contribution in [-0.4, -0.2) is 84.2 Å². The van der Waals surface area contributed by atoms with E-state index in [1.807, 2.05) is 6.07 Å². The number of hydrogen-bond donors (Lipinski definition) is 3. The maximum absolute atomic E-state index is 13.1. The Morgan fingerprint density at radius 3 is 2.41 bits per heavy atom. The molecule has 3 aromatic heterocycles. The van der Waals surface area contributed by atoms with E-state index in [0.717, 1.165) is 48.4 Å². The first-order valence-electron chi connectivity index (χ1n) is 13.2. The second kappa shape index (κ2) is 8.01. The molecule has 8 rings (SSSR count). The van der Waals surface area contributed by atoms with Crippen LogP contribution in [0.3, 0.4) is 0 Å². The molecule has 11 heteroatoms. The summed E-state index contributed by atoms with van der Waals surface area (Å²) in [5.41, 5.74) is 1.01. The highest BCUT2D eigenvalue weighted by Crippen LogP contribution is 2.60. The Hall–Kier alpha value is -3.47. The van der Waals surface area contributed by atoms with E-state index in [0.29, 0.717) is 55.4 Å². The fourth-order valence-electron chi connectivity index (χ4n) is 7.86. The molecule has 1 aliphatic heterocycles. The molecule has 5 fully saturated rings. The van der Waals surface area contributed by atoms with Gasteiger partial charge >= 0.3 is 11.8 Å². The van der Waals surface area contributed by atoms with Gasteiger partial charge in [0, 0.05) is 50.9 Å². The third-order valence-electron chi connectivity index (χ3n) is 9.18. The molecule has 5 atom stereocenters. The van der Waals surface area contributed by atoms with Crippen molar-refractivity contribution in [1.82, 2.24) is 29.5 Å². The maximum Gasteiger partial charge on any atom is 0.315 e. The van der Waals surface area contributed by atoms with Gasteiger partial charge in [-0.15, -0.1) is 0 Å². The van der Waals surface area contributed by atoms with Gasteiger partial charge in [0.05, 0.1) is 22.5 Å². The zero-order chi connectivity index (χ0) is 25.5. The highest BCUT2D eigenvalue weighted by molar-refractivity contribution is 6.40. The molecule has 4 heterocycles. The first-order chi connectivity index (χ1) is 17.8. The van der Waals surface area contributed by atoms with Gasteiger partial charge in [-0.3, -0.25) is 24.2 Å². The third kappa shape index (κ3) is 3.54. The van der Waals surface area contributed by atoms with E-state index in [1.54, 1.807) is 17.3 Å². The lowest BCUT2D eigenvalue weighted by atomic mass is 9.52. The second-order valence-corrected chi connectivity index (χ2v) is 11.5. The second-order valence-electron chi connectivity index (χ2n) is 11.5. The van der Waals surface area contributed by atoms with Gasteiger partial charge in [-0.1, -0.05) is 0 Å². The molecular formula is C26H31N7O4. The van der Waals surface area contributed by atoms with Crippen molar-refractivity contribution < 1.29 is 19.5 Å². The predicted octanol–water partition coefficient (Wildman–Crippen LogP) is 1.65. The van der Waals surface area contributed by atoms with E-state index < -0.39 is 17.4 Å². The highest BCUT2D eigenvalue weighted by Gasteiger charge is 2.55. The molecule has 0 spiro atoms. The maximum atomic E-state index is 13.1. The number of aromatic nitrogens is 4. The number of nitrogens with zero attached hydrogens (tertiary/aromatic N) is 5. The molecular weight excluding hydrogens is 474 g/mol. The van der Waals surface area contributed by atoms with Crippen molar-refractivity contribution in [2.75, 3.05) is 31.5 Å². The smallest absolute Gasteiger partial charge is 0.315 e. The lowest BCUT2D eigenvalue weighted by molar-refractivity contribution is -0.148. The topological polar surface area (TPSA) is 136 Å². The van der Waals surface area contributed by atoms with Crippen molar-refractivity contribution >= 4 is 45.5 Å². The minimum atomic E-state index is -0.716. The van der Waals surface area contributed by atoms with Crippen molar-refractivity contribution in [3.05, 3.63) is 18.5 Å². The molecule has 0 aromatic carbocycles. The number of aliphatic hydroxyl groups is 1. The summed E-state index contributed by atoms with van der Waals surface area (Å²) in [7, 11) is 0. The first-order valence-corrected chi connectivity index (χ1v) is 13.2. The third-order valence-corrected chi connectivity index (χ3v) is 9.18. The van der Waals surface area contributed by atoms with Crippen molar-refractivity contribution in [2.45, 2.75) is 50.7 Å². The Bertz CT molecular complexity index is 1420. The number of hydrogen-bond acceptors (Lipinski definition) is 6. The minimum Gasteiger partial charge on any atom is -0.390 e. The monoisotopic (exact) mass is 505 g/mol. The molecule has 194 valence electrons. The van der Waals surface area contributed by atoms with E-state index >= 15 is 0 Å². The number of rotatable bonds is 2. The highest BCUT2D eigenvalue weighted by atomic mass is 16.3. The van der Waals surface area contributed by atoms with Gasteiger partial charge in [0.1, 0.15) is 5.82 Å². The SMILES string of the molecule is CC(=O)N1CCN(C(=O)C(=O)Nc2[nH]n(C3[C@@H]4CC5C[C@H]3CC(O)(C5)C4)c3c2cnc2nccc23)CC1. The molecule has 3 aromatic rings. The summed E-state index contributed by atoms with van der Waals surface area (Å²) in [6.07, 6.45) is 8.11. The van der Waals surface area contributed by atoms with Crippen LogP contribution in [-0.2, 0) is 14.4 Å². The summed E-state index contributed by atoms with van der Waals surface area (Å²) < 4.78 is 2.16. The number of pyridine rings is 1. The number of amides is 3. The summed E-state index contributed by atoms with van der Waals surface area (Å²) in [6, 6.07) is 2.10. The number of fused-ring (bicyclic) bond motifs is 3.